The van der Waals surface area contributed by atoms with Crippen molar-refractivity contribution in [1.82, 2.24) is 19.8 Å². The van der Waals surface area contributed by atoms with Crippen molar-refractivity contribution in [2.24, 2.45) is 5.92 Å². The fourth-order valence-electron chi connectivity index (χ4n) is 2.80. The molecule has 0 radical (unpaired) electrons. The number of aliphatic hydroxyl groups excluding tert-OH is 1. The summed E-state index contributed by atoms with van der Waals surface area (Å²) >= 11 is 0. The molecule has 1 fully saturated rings. The predicted molar refractivity (Wildman–Crippen MR) is 76.5 cm³/mol. The molecule has 9 heteroatoms. The normalized spacial score (nSPS) is 21.4. The molecule has 2 N–H and O–H groups in total. The van der Waals surface area contributed by atoms with E-state index in [2.05, 4.69) is 10.3 Å². The summed E-state index contributed by atoms with van der Waals surface area (Å²) in [4.78, 5) is 17.3. The number of halogens is 3. The lowest BCUT2D eigenvalue weighted by Gasteiger charge is -2.23. The van der Waals surface area contributed by atoms with Crippen LogP contribution in [0.5, 0.6) is 0 Å². The van der Waals surface area contributed by atoms with E-state index in [1.807, 2.05) is 0 Å². The van der Waals surface area contributed by atoms with Gasteiger partial charge in [0.2, 0.25) is 0 Å². The van der Waals surface area contributed by atoms with Crippen LogP contribution in [-0.4, -0.2) is 51.5 Å². The van der Waals surface area contributed by atoms with E-state index >= 15 is 0 Å². The Bertz CT molecular complexity index is 532. The van der Waals surface area contributed by atoms with Gasteiger partial charge in [-0.2, -0.15) is 13.2 Å². The molecule has 2 rings (SSSR count). The molecule has 1 heterocycles. The monoisotopic (exact) mass is 334 g/mol. The summed E-state index contributed by atoms with van der Waals surface area (Å²) < 4.78 is 38.2. The van der Waals surface area contributed by atoms with E-state index in [1.165, 1.54) is 17.3 Å². The van der Waals surface area contributed by atoms with Gasteiger partial charge in [0.25, 0.3) is 0 Å². The van der Waals surface area contributed by atoms with Gasteiger partial charge in [-0.3, -0.25) is 0 Å². The van der Waals surface area contributed by atoms with Crippen LogP contribution in [0.3, 0.4) is 0 Å². The molecule has 1 aromatic rings. The maximum absolute atomic E-state index is 12.4. The lowest BCUT2D eigenvalue weighted by molar-refractivity contribution is -0.141. The van der Waals surface area contributed by atoms with Crippen LogP contribution in [0.15, 0.2) is 12.4 Å². The van der Waals surface area contributed by atoms with E-state index < -0.39 is 24.9 Å². The number of aromatic nitrogens is 2. The first-order valence-electron chi connectivity index (χ1n) is 7.50. The third-order valence-electron chi connectivity index (χ3n) is 4.02. The second-order valence-electron chi connectivity index (χ2n) is 5.88. The van der Waals surface area contributed by atoms with E-state index in [-0.39, 0.29) is 18.3 Å². The van der Waals surface area contributed by atoms with Gasteiger partial charge in [-0.25, -0.2) is 9.78 Å². The first kappa shape index (κ1) is 17.6. The molecule has 1 saturated carbocycles. The number of nitrogens with zero attached hydrogens (tertiary/aromatic N) is 3. The molecule has 0 spiro atoms. The van der Waals surface area contributed by atoms with Crippen molar-refractivity contribution in [3.05, 3.63) is 18.2 Å². The van der Waals surface area contributed by atoms with Gasteiger partial charge in [-0.15, -0.1) is 0 Å². The number of hydrogen-bond donors (Lipinski definition) is 2. The van der Waals surface area contributed by atoms with Crippen LogP contribution >= 0.6 is 0 Å². The number of alkyl halides is 3. The number of carbonyl (C=O) groups excluding carboxylic acids is 1. The first-order valence-corrected chi connectivity index (χ1v) is 7.50. The number of urea groups is 1. The second kappa shape index (κ2) is 7.20. The molecule has 6 nitrogen and oxygen atoms in total. The van der Waals surface area contributed by atoms with Gasteiger partial charge >= 0.3 is 12.2 Å². The molecule has 2 atom stereocenters. The van der Waals surface area contributed by atoms with Crippen molar-refractivity contribution in [3.63, 3.8) is 0 Å². The molecule has 0 unspecified atom stereocenters. The molecule has 2 amide bonds. The number of rotatable bonds is 5. The van der Waals surface area contributed by atoms with Crippen LogP contribution in [0.2, 0.25) is 0 Å². The highest BCUT2D eigenvalue weighted by atomic mass is 19.4. The van der Waals surface area contributed by atoms with E-state index in [4.69, 9.17) is 0 Å². The fourth-order valence-corrected chi connectivity index (χ4v) is 2.80. The number of nitrogens with one attached hydrogen (secondary N) is 1. The van der Waals surface area contributed by atoms with Crippen molar-refractivity contribution < 1.29 is 23.1 Å². The summed E-state index contributed by atoms with van der Waals surface area (Å²) in [7, 11) is 1.60. The summed E-state index contributed by atoms with van der Waals surface area (Å²) in [5.74, 6) is 0.197. The van der Waals surface area contributed by atoms with E-state index in [9.17, 15) is 23.1 Å². The molecule has 0 aliphatic heterocycles. The number of aliphatic hydroxyl groups is 1. The second-order valence-corrected chi connectivity index (χ2v) is 5.88. The Labute approximate surface area is 132 Å². The van der Waals surface area contributed by atoms with Gasteiger partial charge < -0.3 is 19.9 Å². The van der Waals surface area contributed by atoms with Crippen molar-refractivity contribution in [2.45, 2.75) is 44.6 Å². The quantitative estimate of drug-likeness (QED) is 0.862. The largest absolute Gasteiger partial charge is 0.406 e. The molecular weight excluding hydrogens is 313 g/mol. The number of carbonyl (C=O) groups is 1. The zero-order valence-corrected chi connectivity index (χ0v) is 12.9. The Kier molecular flexibility index (Phi) is 5.51. The average molecular weight is 334 g/mol. The summed E-state index contributed by atoms with van der Waals surface area (Å²) in [6.45, 7) is -0.800. The third-order valence-corrected chi connectivity index (χ3v) is 4.02. The lowest BCUT2D eigenvalue weighted by Crippen LogP contribution is -2.41. The van der Waals surface area contributed by atoms with Gasteiger partial charge in [0.15, 0.2) is 0 Å². The Morgan fingerprint density at radius 1 is 1.52 bits per heavy atom. The maximum Gasteiger partial charge on any atom is 0.406 e. The fraction of sp³-hybridized carbons (Fsp3) is 0.714. The molecule has 0 saturated heterocycles. The van der Waals surface area contributed by atoms with Gasteiger partial charge in [0.1, 0.15) is 12.4 Å². The highest BCUT2D eigenvalue weighted by Gasteiger charge is 2.29. The number of hydrogen-bond acceptors (Lipinski definition) is 3. The minimum absolute atomic E-state index is 0.0537. The standard InChI is InChI=1S/C14H21F3N4O2/c1-20(8-10-3-2-4-11(10)22)13(23)19-7-12-18-5-6-21(12)9-14(15,16)17/h5-6,10-11,22H,2-4,7-9H2,1H3,(H,19,23)/t10-,11-/m0/s1. The Morgan fingerprint density at radius 2 is 2.26 bits per heavy atom. The summed E-state index contributed by atoms with van der Waals surface area (Å²) in [6.07, 6.45) is 0.324. The van der Waals surface area contributed by atoms with Gasteiger partial charge in [0.05, 0.1) is 12.6 Å². The lowest BCUT2D eigenvalue weighted by atomic mass is 10.1. The van der Waals surface area contributed by atoms with Crippen molar-refractivity contribution in [1.29, 1.82) is 0 Å². The zero-order chi connectivity index (χ0) is 17.0. The highest BCUT2D eigenvalue weighted by Crippen LogP contribution is 2.26. The minimum atomic E-state index is -4.34. The van der Waals surface area contributed by atoms with Crippen molar-refractivity contribution >= 4 is 6.03 Å². The van der Waals surface area contributed by atoms with Crippen LogP contribution in [-0.2, 0) is 13.1 Å². The number of imidazole rings is 1. The van der Waals surface area contributed by atoms with Crippen molar-refractivity contribution in [2.75, 3.05) is 13.6 Å². The SMILES string of the molecule is CN(C[C@@H]1CCC[C@@H]1O)C(=O)NCc1nccn1CC(F)(F)F. The maximum atomic E-state index is 12.4. The summed E-state index contributed by atoms with van der Waals surface area (Å²) in [6, 6.07) is -0.398. The highest BCUT2D eigenvalue weighted by molar-refractivity contribution is 5.73. The molecule has 130 valence electrons. The Morgan fingerprint density at radius 3 is 2.87 bits per heavy atom. The van der Waals surface area contributed by atoms with Crippen LogP contribution in [0.4, 0.5) is 18.0 Å². The third kappa shape index (κ3) is 5.12. The molecule has 1 aliphatic rings. The van der Waals surface area contributed by atoms with Crippen LogP contribution in [0.25, 0.3) is 0 Å². The Hall–Kier alpha value is -1.77. The van der Waals surface area contributed by atoms with Crippen LogP contribution in [0.1, 0.15) is 25.1 Å². The van der Waals surface area contributed by atoms with Crippen LogP contribution < -0.4 is 5.32 Å². The zero-order valence-electron chi connectivity index (χ0n) is 12.9. The molecule has 1 aromatic heterocycles. The average Bonchev–Trinajstić information content (AvgIpc) is 3.04. The van der Waals surface area contributed by atoms with Crippen LogP contribution in [0, 0.1) is 5.92 Å². The molecule has 23 heavy (non-hydrogen) atoms. The molecule has 0 bridgehead atoms. The molecule has 0 aromatic carbocycles. The van der Waals surface area contributed by atoms with E-state index in [0.29, 0.717) is 6.54 Å². The molecular formula is C14H21F3N4O2. The first-order chi connectivity index (χ1) is 10.8. The van der Waals surface area contributed by atoms with Crippen molar-refractivity contribution in [3.8, 4) is 0 Å². The predicted octanol–water partition coefficient (Wildman–Crippen LogP) is 1.75. The topological polar surface area (TPSA) is 70.4 Å². The smallest absolute Gasteiger partial charge is 0.393 e. The van der Waals surface area contributed by atoms with E-state index in [1.54, 1.807) is 7.05 Å². The summed E-state index contributed by atoms with van der Waals surface area (Å²) in [5.41, 5.74) is 0. The summed E-state index contributed by atoms with van der Waals surface area (Å²) in [5, 5.41) is 12.3. The van der Waals surface area contributed by atoms with E-state index in [0.717, 1.165) is 23.8 Å². The van der Waals surface area contributed by atoms with Gasteiger partial charge in [-0.1, -0.05) is 6.42 Å². The Balaban J connectivity index is 1.83. The van der Waals surface area contributed by atoms with Gasteiger partial charge in [-0.05, 0) is 12.8 Å². The number of amides is 2. The molecule has 1 aliphatic carbocycles. The van der Waals surface area contributed by atoms with Gasteiger partial charge in [0, 0.05) is 31.9 Å². The minimum Gasteiger partial charge on any atom is -0.393 e.